The molecule has 0 aromatic heterocycles. The van der Waals surface area contributed by atoms with Crippen LogP contribution in [0, 0.1) is 11.3 Å². The summed E-state index contributed by atoms with van der Waals surface area (Å²) >= 11 is 0. The van der Waals surface area contributed by atoms with E-state index in [1.54, 1.807) is 6.08 Å². The van der Waals surface area contributed by atoms with Crippen molar-refractivity contribution in [3.63, 3.8) is 0 Å². The third kappa shape index (κ3) is 5.42. The predicted molar refractivity (Wildman–Crippen MR) is 87.8 cm³/mol. The van der Waals surface area contributed by atoms with E-state index in [2.05, 4.69) is 5.32 Å². The van der Waals surface area contributed by atoms with Crippen molar-refractivity contribution in [3.05, 3.63) is 35.4 Å². The molecule has 2 rings (SSSR count). The van der Waals surface area contributed by atoms with E-state index in [9.17, 15) is 10.1 Å². The maximum Gasteiger partial charge on any atom is 0.262 e. The summed E-state index contributed by atoms with van der Waals surface area (Å²) in [5.41, 5.74) is 0.866. The highest BCUT2D eigenvalue weighted by molar-refractivity contribution is 6.01. The fraction of sp³-hybridized carbons (Fsp3) is 0.444. The molecule has 1 heterocycles. The normalized spacial score (nSPS) is 17.8. The maximum absolute atomic E-state index is 12.1. The fourth-order valence-electron chi connectivity index (χ4n) is 2.34. The van der Waals surface area contributed by atoms with Gasteiger partial charge in [-0.1, -0.05) is 12.1 Å². The molecule has 1 aromatic carbocycles. The van der Waals surface area contributed by atoms with Crippen LogP contribution in [0.25, 0.3) is 6.08 Å². The van der Waals surface area contributed by atoms with E-state index < -0.39 is 0 Å². The molecule has 1 N–H and O–H groups in total. The van der Waals surface area contributed by atoms with Gasteiger partial charge in [0.05, 0.1) is 12.2 Å². The van der Waals surface area contributed by atoms with Gasteiger partial charge in [-0.2, -0.15) is 5.26 Å². The first-order chi connectivity index (χ1) is 11.1. The van der Waals surface area contributed by atoms with Crippen LogP contribution in [-0.4, -0.2) is 31.3 Å². The number of nitriles is 1. The van der Waals surface area contributed by atoms with Crippen molar-refractivity contribution in [2.24, 2.45) is 0 Å². The van der Waals surface area contributed by atoms with Gasteiger partial charge in [-0.05, 0) is 50.5 Å². The SMILES string of the molecule is CC(C)Oc1ccc(/C=C(\C#N)C(=O)NC[C@H]2CCCO2)cc1. The Kier molecular flexibility index (Phi) is 6.19. The number of rotatable bonds is 6. The molecule has 1 aliphatic heterocycles. The number of ether oxygens (including phenoxy) is 2. The van der Waals surface area contributed by atoms with Gasteiger partial charge >= 0.3 is 0 Å². The summed E-state index contributed by atoms with van der Waals surface area (Å²) in [6.07, 6.45) is 3.71. The summed E-state index contributed by atoms with van der Waals surface area (Å²) in [6, 6.07) is 9.24. The highest BCUT2D eigenvalue weighted by Gasteiger charge is 2.17. The lowest BCUT2D eigenvalue weighted by Crippen LogP contribution is -2.32. The Hall–Kier alpha value is -2.32. The Morgan fingerprint density at radius 3 is 2.78 bits per heavy atom. The summed E-state index contributed by atoms with van der Waals surface area (Å²) in [6.45, 7) is 5.10. The Bertz CT molecular complexity index is 594. The van der Waals surface area contributed by atoms with E-state index in [4.69, 9.17) is 9.47 Å². The molecule has 0 unspecified atom stereocenters. The van der Waals surface area contributed by atoms with Crippen LogP contribution in [0.3, 0.4) is 0 Å². The molecule has 0 spiro atoms. The van der Waals surface area contributed by atoms with Crippen molar-refractivity contribution in [2.75, 3.05) is 13.2 Å². The van der Waals surface area contributed by atoms with E-state index in [0.29, 0.717) is 6.54 Å². The minimum Gasteiger partial charge on any atom is -0.491 e. The average molecular weight is 314 g/mol. The number of hydrogen-bond donors (Lipinski definition) is 1. The number of nitrogens with zero attached hydrogens (tertiary/aromatic N) is 1. The number of benzene rings is 1. The number of nitrogens with one attached hydrogen (secondary N) is 1. The number of carbonyl (C=O) groups is 1. The van der Waals surface area contributed by atoms with Crippen molar-refractivity contribution < 1.29 is 14.3 Å². The number of amides is 1. The first kappa shape index (κ1) is 17.0. The molecular weight excluding hydrogens is 292 g/mol. The fourth-order valence-corrected chi connectivity index (χ4v) is 2.34. The Labute approximate surface area is 136 Å². The third-order valence-electron chi connectivity index (χ3n) is 3.44. The summed E-state index contributed by atoms with van der Waals surface area (Å²) in [7, 11) is 0. The Morgan fingerprint density at radius 2 is 2.22 bits per heavy atom. The standard InChI is InChI=1S/C18H22N2O3/c1-13(2)23-16-7-5-14(6-8-16)10-15(11-19)18(21)20-12-17-4-3-9-22-17/h5-8,10,13,17H,3-4,9,12H2,1-2H3,(H,20,21)/b15-10+/t17-/m1/s1. The Balaban J connectivity index is 1.96. The molecule has 5 heteroatoms. The quantitative estimate of drug-likeness (QED) is 0.647. The molecule has 0 radical (unpaired) electrons. The van der Waals surface area contributed by atoms with Crippen LogP contribution in [0.5, 0.6) is 5.75 Å². The minimum absolute atomic E-state index is 0.0614. The molecule has 0 aliphatic carbocycles. The molecule has 1 saturated heterocycles. The topological polar surface area (TPSA) is 71.3 Å². The minimum atomic E-state index is -0.370. The second kappa shape index (κ2) is 8.35. The molecule has 1 fully saturated rings. The molecule has 0 saturated carbocycles. The molecule has 1 atom stereocenters. The highest BCUT2D eigenvalue weighted by Crippen LogP contribution is 2.16. The average Bonchev–Trinajstić information content (AvgIpc) is 3.04. The van der Waals surface area contributed by atoms with Gasteiger partial charge in [0.25, 0.3) is 5.91 Å². The summed E-state index contributed by atoms with van der Waals surface area (Å²) < 4.78 is 11.0. The van der Waals surface area contributed by atoms with Gasteiger partial charge in [-0.3, -0.25) is 4.79 Å². The van der Waals surface area contributed by atoms with Gasteiger partial charge in [0.2, 0.25) is 0 Å². The Morgan fingerprint density at radius 1 is 1.48 bits per heavy atom. The van der Waals surface area contributed by atoms with Gasteiger partial charge in [-0.15, -0.1) is 0 Å². The van der Waals surface area contributed by atoms with Crippen LogP contribution in [0.1, 0.15) is 32.3 Å². The van der Waals surface area contributed by atoms with Gasteiger partial charge in [0.1, 0.15) is 17.4 Å². The largest absolute Gasteiger partial charge is 0.491 e. The van der Waals surface area contributed by atoms with Gasteiger partial charge in [0, 0.05) is 13.2 Å². The third-order valence-corrected chi connectivity index (χ3v) is 3.44. The number of hydrogen-bond acceptors (Lipinski definition) is 4. The zero-order valence-electron chi connectivity index (χ0n) is 13.5. The van der Waals surface area contributed by atoms with E-state index >= 15 is 0 Å². The van der Waals surface area contributed by atoms with Crippen LogP contribution in [-0.2, 0) is 9.53 Å². The second-order valence-electron chi connectivity index (χ2n) is 5.75. The molecule has 1 aliphatic rings. The molecule has 5 nitrogen and oxygen atoms in total. The second-order valence-corrected chi connectivity index (χ2v) is 5.75. The van der Waals surface area contributed by atoms with E-state index in [-0.39, 0.29) is 23.7 Å². The van der Waals surface area contributed by atoms with Crippen LogP contribution in [0.2, 0.25) is 0 Å². The van der Waals surface area contributed by atoms with Crippen LogP contribution < -0.4 is 10.1 Å². The van der Waals surface area contributed by atoms with Crippen molar-refractivity contribution in [1.29, 1.82) is 5.26 Å². The van der Waals surface area contributed by atoms with E-state index in [0.717, 1.165) is 30.8 Å². The van der Waals surface area contributed by atoms with Crippen molar-refractivity contribution in [1.82, 2.24) is 5.32 Å². The van der Waals surface area contributed by atoms with Gasteiger partial charge < -0.3 is 14.8 Å². The maximum atomic E-state index is 12.1. The van der Waals surface area contributed by atoms with Crippen LogP contribution in [0.15, 0.2) is 29.8 Å². The van der Waals surface area contributed by atoms with Crippen molar-refractivity contribution in [3.8, 4) is 11.8 Å². The smallest absolute Gasteiger partial charge is 0.262 e. The molecule has 23 heavy (non-hydrogen) atoms. The lowest BCUT2D eigenvalue weighted by atomic mass is 10.1. The monoisotopic (exact) mass is 314 g/mol. The highest BCUT2D eigenvalue weighted by atomic mass is 16.5. The van der Waals surface area contributed by atoms with Gasteiger partial charge in [-0.25, -0.2) is 0 Å². The number of carbonyl (C=O) groups excluding carboxylic acids is 1. The van der Waals surface area contributed by atoms with Crippen molar-refractivity contribution >= 4 is 12.0 Å². The van der Waals surface area contributed by atoms with Crippen LogP contribution >= 0.6 is 0 Å². The van der Waals surface area contributed by atoms with E-state index in [1.807, 2.05) is 44.2 Å². The molecule has 122 valence electrons. The summed E-state index contributed by atoms with van der Waals surface area (Å²) in [5.74, 6) is 0.393. The first-order valence-electron chi connectivity index (χ1n) is 7.87. The zero-order valence-corrected chi connectivity index (χ0v) is 13.5. The lowest BCUT2D eigenvalue weighted by Gasteiger charge is -2.10. The zero-order chi connectivity index (χ0) is 16.7. The first-order valence-corrected chi connectivity index (χ1v) is 7.87. The molecule has 1 aromatic rings. The summed E-state index contributed by atoms with van der Waals surface area (Å²) in [4.78, 5) is 12.1. The van der Waals surface area contributed by atoms with E-state index in [1.165, 1.54) is 0 Å². The van der Waals surface area contributed by atoms with Crippen molar-refractivity contribution in [2.45, 2.75) is 38.9 Å². The summed E-state index contributed by atoms with van der Waals surface area (Å²) in [5, 5.41) is 11.9. The molecule has 1 amide bonds. The van der Waals surface area contributed by atoms with Gasteiger partial charge in [0.15, 0.2) is 0 Å². The molecular formula is C18H22N2O3. The lowest BCUT2D eigenvalue weighted by molar-refractivity contribution is -0.117. The predicted octanol–water partition coefficient (Wildman–Crippen LogP) is 2.68. The van der Waals surface area contributed by atoms with Crippen LogP contribution in [0.4, 0.5) is 0 Å². The molecule has 0 bridgehead atoms.